The Labute approximate surface area is 237 Å². The first kappa shape index (κ1) is 30.7. The van der Waals surface area contributed by atoms with Crippen LogP contribution in [0.1, 0.15) is 22.9 Å². The average molecular weight is 592 g/mol. The zero-order valence-electron chi connectivity index (χ0n) is 22.6. The maximum Gasteiger partial charge on any atom is 0.471 e. The summed E-state index contributed by atoms with van der Waals surface area (Å²) in [6, 6.07) is 15.5. The fourth-order valence-corrected chi connectivity index (χ4v) is 4.59. The molecule has 0 aliphatic carbocycles. The molecule has 0 saturated carbocycles. The van der Waals surface area contributed by atoms with E-state index >= 15 is 0 Å². The monoisotopic (exact) mass is 591 g/mol. The summed E-state index contributed by atoms with van der Waals surface area (Å²) < 4.78 is 64.1. The van der Waals surface area contributed by atoms with Crippen molar-refractivity contribution in [1.82, 2.24) is 14.9 Å². The number of hydrogen-bond acceptors (Lipinski definition) is 8. The van der Waals surface area contributed by atoms with Gasteiger partial charge in [-0.1, -0.05) is 60.7 Å². The molecule has 1 aromatic heterocycles. The van der Waals surface area contributed by atoms with E-state index in [2.05, 4.69) is 0 Å². The smallest absolute Gasteiger partial charge is 0.467 e. The number of alkyl halides is 3. The van der Waals surface area contributed by atoms with Crippen LogP contribution in [0.15, 0.2) is 76.4 Å². The highest BCUT2D eigenvalue weighted by atomic mass is 19.4. The van der Waals surface area contributed by atoms with Crippen LogP contribution in [0.2, 0.25) is 0 Å². The number of rotatable bonds is 10. The maximum atomic E-state index is 13.5. The molecule has 11 nitrogen and oxygen atoms in total. The third-order valence-electron chi connectivity index (χ3n) is 6.63. The molecule has 0 unspecified atom stereocenters. The van der Waals surface area contributed by atoms with E-state index in [0.29, 0.717) is 11.1 Å². The minimum atomic E-state index is -5.33. The lowest BCUT2D eigenvalue weighted by Gasteiger charge is -2.32. The Morgan fingerprint density at radius 1 is 1.02 bits per heavy atom. The normalized spacial score (nSPS) is 22.1. The van der Waals surface area contributed by atoms with E-state index in [0.717, 1.165) is 17.9 Å². The molecule has 1 aliphatic rings. The van der Waals surface area contributed by atoms with Gasteiger partial charge in [-0.2, -0.15) is 13.2 Å². The zero-order valence-corrected chi connectivity index (χ0v) is 22.6. The van der Waals surface area contributed by atoms with Gasteiger partial charge in [-0.3, -0.25) is 19.1 Å². The molecule has 0 bridgehead atoms. The van der Waals surface area contributed by atoms with E-state index in [1.54, 1.807) is 60.7 Å². The molecular formula is C28H28F3N3O8. The van der Waals surface area contributed by atoms with Crippen molar-refractivity contribution in [1.29, 1.82) is 0 Å². The molecule has 224 valence electrons. The predicted molar refractivity (Wildman–Crippen MR) is 140 cm³/mol. The number of nitrogens with zero attached hydrogens (tertiary/aromatic N) is 1. The van der Waals surface area contributed by atoms with E-state index in [1.807, 2.05) is 10.3 Å². The van der Waals surface area contributed by atoms with Crippen LogP contribution in [-0.4, -0.2) is 59.1 Å². The third-order valence-corrected chi connectivity index (χ3v) is 6.63. The Morgan fingerprint density at radius 3 is 2.19 bits per heavy atom. The van der Waals surface area contributed by atoms with Gasteiger partial charge in [-0.25, -0.2) is 9.59 Å². The second kappa shape index (κ2) is 12.7. The summed E-state index contributed by atoms with van der Waals surface area (Å²) in [5.41, 5.74) is -2.76. The van der Waals surface area contributed by atoms with Gasteiger partial charge < -0.3 is 24.3 Å². The number of hydrogen-bond donors (Lipinski definition) is 2. The molecule has 2 N–H and O–H groups in total. The molecule has 4 rings (SSSR count). The molecule has 1 saturated heterocycles. The van der Waals surface area contributed by atoms with Crippen LogP contribution in [0.5, 0.6) is 0 Å². The van der Waals surface area contributed by atoms with E-state index < -0.39 is 59.9 Å². The number of esters is 1. The summed E-state index contributed by atoms with van der Waals surface area (Å²) in [6.45, 7) is 0.500. The fraction of sp³-hybridized carbons (Fsp3) is 0.357. The second-order valence-electron chi connectivity index (χ2n) is 9.56. The minimum absolute atomic E-state index is 0.0109. The first-order valence-electron chi connectivity index (χ1n) is 12.7. The van der Waals surface area contributed by atoms with Crippen molar-refractivity contribution in [2.24, 2.45) is 0 Å². The lowest BCUT2D eigenvalue weighted by Crippen LogP contribution is -2.59. The highest BCUT2D eigenvalue weighted by Gasteiger charge is 2.64. The van der Waals surface area contributed by atoms with Crippen LogP contribution in [0.4, 0.5) is 13.2 Å². The fourth-order valence-electron chi connectivity index (χ4n) is 4.59. The standard InChI is InChI=1S/C28H28F3N3O8/c1-17-13-34(26(38)33-22(17)35)23-20(32-24(36)28(29,30)31)21(41-15-19-11-7-4-8-12-19)27(42-23,25(37)39-2)16-40-14-18-9-5-3-6-10-18/h3-13,20-21,23H,14-16H2,1-2H3,(H,32,36)(H,33,35,38)/t20-,21+,23-,27-/m1/s1. The summed E-state index contributed by atoms with van der Waals surface area (Å²) in [6.07, 6.45) is -7.72. The van der Waals surface area contributed by atoms with Crippen LogP contribution < -0.4 is 16.6 Å². The second-order valence-corrected chi connectivity index (χ2v) is 9.56. The largest absolute Gasteiger partial charge is 0.471 e. The lowest BCUT2D eigenvalue weighted by molar-refractivity contribution is -0.197. The number of aromatic nitrogens is 2. The van der Waals surface area contributed by atoms with Crippen molar-refractivity contribution >= 4 is 11.9 Å². The Balaban J connectivity index is 1.82. The molecule has 2 aromatic carbocycles. The van der Waals surface area contributed by atoms with Crippen LogP contribution in [0.25, 0.3) is 0 Å². The molecule has 1 fully saturated rings. The summed E-state index contributed by atoms with van der Waals surface area (Å²) in [5, 5.41) is 1.83. The van der Waals surface area contributed by atoms with Crippen molar-refractivity contribution in [3.05, 3.63) is 104 Å². The van der Waals surface area contributed by atoms with E-state index in [9.17, 15) is 32.3 Å². The molecule has 1 aliphatic heterocycles. The van der Waals surface area contributed by atoms with Crippen LogP contribution in [0, 0.1) is 6.92 Å². The number of aromatic amines is 1. The lowest BCUT2D eigenvalue weighted by atomic mass is 9.93. The van der Waals surface area contributed by atoms with E-state index in [-0.39, 0.29) is 18.8 Å². The van der Waals surface area contributed by atoms with Gasteiger partial charge in [0.15, 0.2) is 6.23 Å². The summed E-state index contributed by atoms with van der Waals surface area (Å²) >= 11 is 0. The third kappa shape index (κ3) is 6.61. The SMILES string of the molecule is COC(=O)[C@]1(COCc2ccccc2)O[C@@H](n2cc(C)c(=O)[nH]c2=O)[C@H](NC(=O)C(F)(F)F)[C@@H]1OCc1ccccc1. The van der Waals surface area contributed by atoms with Crippen molar-refractivity contribution in [2.45, 2.75) is 50.3 Å². The average Bonchev–Trinajstić information content (AvgIpc) is 3.27. The zero-order chi connectivity index (χ0) is 30.5. The number of carbonyl (C=O) groups excluding carboxylic acids is 2. The van der Waals surface area contributed by atoms with Crippen LogP contribution in [-0.2, 0) is 41.8 Å². The van der Waals surface area contributed by atoms with E-state index in [4.69, 9.17) is 18.9 Å². The molecule has 1 amide bonds. The summed E-state index contributed by atoms with van der Waals surface area (Å²) in [5.74, 6) is -3.45. The van der Waals surface area contributed by atoms with Crippen molar-refractivity contribution in [3.8, 4) is 0 Å². The number of H-pyrrole nitrogens is 1. The Bertz CT molecular complexity index is 1510. The van der Waals surface area contributed by atoms with Crippen LogP contribution in [0.3, 0.4) is 0 Å². The van der Waals surface area contributed by atoms with E-state index in [1.165, 1.54) is 6.92 Å². The molecule has 0 spiro atoms. The number of amides is 1. The predicted octanol–water partition coefficient (Wildman–Crippen LogP) is 2.13. The molecular weight excluding hydrogens is 563 g/mol. The van der Waals surface area contributed by atoms with Crippen LogP contribution >= 0.6 is 0 Å². The van der Waals surface area contributed by atoms with Gasteiger partial charge in [0.1, 0.15) is 12.1 Å². The van der Waals surface area contributed by atoms with Gasteiger partial charge in [-0.05, 0) is 18.1 Å². The minimum Gasteiger partial charge on any atom is -0.467 e. The molecule has 3 aromatic rings. The number of halogens is 3. The van der Waals surface area contributed by atoms with Crippen molar-refractivity contribution < 1.29 is 41.7 Å². The van der Waals surface area contributed by atoms with Gasteiger partial charge >= 0.3 is 23.7 Å². The number of aryl methyl sites for hydroxylation is 1. The molecule has 42 heavy (non-hydrogen) atoms. The van der Waals surface area contributed by atoms with Gasteiger partial charge in [-0.15, -0.1) is 0 Å². The topological polar surface area (TPSA) is 138 Å². The first-order chi connectivity index (χ1) is 20.0. The summed E-state index contributed by atoms with van der Waals surface area (Å²) in [4.78, 5) is 52.6. The first-order valence-corrected chi connectivity index (χ1v) is 12.7. The number of nitrogens with one attached hydrogen (secondary N) is 2. The quantitative estimate of drug-likeness (QED) is 0.342. The number of carbonyl (C=O) groups is 2. The highest BCUT2D eigenvalue weighted by molar-refractivity contribution is 5.84. The molecule has 4 atom stereocenters. The molecule has 14 heteroatoms. The Hall–Kier alpha value is -4.27. The molecule has 0 radical (unpaired) electrons. The summed E-state index contributed by atoms with van der Waals surface area (Å²) in [7, 11) is 1.03. The Kier molecular flexibility index (Phi) is 9.29. The van der Waals surface area contributed by atoms with Gasteiger partial charge in [0.2, 0.25) is 5.60 Å². The molecule has 2 heterocycles. The van der Waals surface area contributed by atoms with Gasteiger partial charge in [0.05, 0.1) is 26.9 Å². The highest BCUT2D eigenvalue weighted by Crippen LogP contribution is 2.41. The van der Waals surface area contributed by atoms with Crippen molar-refractivity contribution in [2.75, 3.05) is 13.7 Å². The Morgan fingerprint density at radius 2 is 1.62 bits per heavy atom. The number of benzene rings is 2. The van der Waals surface area contributed by atoms with Gasteiger partial charge in [0.25, 0.3) is 5.56 Å². The number of ether oxygens (including phenoxy) is 4. The van der Waals surface area contributed by atoms with Crippen molar-refractivity contribution in [3.63, 3.8) is 0 Å². The number of methoxy groups -OCH3 is 1. The van der Waals surface area contributed by atoms with Gasteiger partial charge in [0, 0.05) is 11.8 Å². The maximum absolute atomic E-state index is 13.5.